The summed E-state index contributed by atoms with van der Waals surface area (Å²) in [7, 11) is 0. The first kappa shape index (κ1) is 19.3. The van der Waals surface area contributed by atoms with Crippen molar-refractivity contribution in [3.63, 3.8) is 0 Å². The quantitative estimate of drug-likeness (QED) is 0.830. The number of anilines is 1. The summed E-state index contributed by atoms with van der Waals surface area (Å²) in [4.78, 5) is 26.7. The molecule has 0 aliphatic carbocycles. The number of amides is 1. The number of rotatable bonds is 4. The molecule has 0 unspecified atom stereocenters. The number of aryl methyl sites for hydroxylation is 1. The molecule has 1 aromatic heterocycles. The van der Waals surface area contributed by atoms with E-state index in [0.717, 1.165) is 49.1 Å². The van der Waals surface area contributed by atoms with Gasteiger partial charge in [-0.1, -0.05) is 44.2 Å². The molecule has 0 spiro atoms. The lowest BCUT2D eigenvalue weighted by atomic mass is 9.83. The molecular weight excluding hydrogens is 336 g/mol. The topological polar surface area (TPSA) is 49.3 Å². The van der Waals surface area contributed by atoms with Crippen molar-refractivity contribution in [2.24, 2.45) is 0 Å². The molecule has 1 aliphatic heterocycles. The van der Waals surface area contributed by atoms with Gasteiger partial charge in [-0.3, -0.25) is 4.79 Å². The Morgan fingerprint density at radius 3 is 2.26 bits per heavy atom. The van der Waals surface area contributed by atoms with Crippen molar-refractivity contribution >= 4 is 11.7 Å². The molecule has 2 aromatic rings. The number of piperazine rings is 1. The highest BCUT2D eigenvalue weighted by Gasteiger charge is 2.35. The minimum atomic E-state index is -0.514. The van der Waals surface area contributed by atoms with Gasteiger partial charge in [0, 0.05) is 43.9 Å². The Kier molecular flexibility index (Phi) is 5.49. The fourth-order valence-electron chi connectivity index (χ4n) is 3.51. The maximum Gasteiger partial charge on any atom is 0.232 e. The van der Waals surface area contributed by atoms with Crippen molar-refractivity contribution in [3.05, 3.63) is 53.5 Å². The first-order valence-corrected chi connectivity index (χ1v) is 9.74. The van der Waals surface area contributed by atoms with Crippen LogP contribution in [0.2, 0.25) is 0 Å². The molecule has 2 heterocycles. The van der Waals surface area contributed by atoms with Crippen LogP contribution in [0.3, 0.4) is 0 Å². The van der Waals surface area contributed by atoms with Crippen LogP contribution in [0.25, 0.3) is 0 Å². The lowest BCUT2D eigenvalue weighted by molar-refractivity contribution is -0.136. The highest BCUT2D eigenvalue weighted by molar-refractivity contribution is 5.87. The van der Waals surface area contributed by atoms with Crippen LogP contribution >= 0.6 is 0 Å². The summed E-state index contributed by atoms with van der Waals surface area (Å²) in [5, 5.41) is 0. The smallest absolute Gasteiger partial charge is 0.232 e. The summed E-state index contributed by atoms with van der Waals surface area (Å²) >= 11 is 0. The Labute approximate surface area is 162 Å². The Morgan fingerprint density at radius 2 is 1.67 bits per heavy atom. The average molecular weight is 367 g/mol. The van der Waals surface area contributed by atoms with Crippen molar-refractivity contribution < 1.29 is 4.79 Å². The van der Waals surface area contributed by atoms with E-state index in [1.54, 1.807) is 0 Å². The molecule has 0 N–H and O–H groups in total. The van der Waals surface area contributed by atoms with Crippen LogP contribution in [0.1, 0.15) is 50.7 Å². The predicted octanol–water partition coefficient (Wildman–Crippen LogP) is 3.53. The third-order valence-corrected chi connectivity index (χ3v) is 5.30. The molecule has 5 nitrogen and oxygen atoms in total. The van der Waals surface area contributed by atoms with Gasteiger partial charge >= 0.3 is 0 Å². The summed E-state index contributed by atoms with van der Waals surface area (Å²) < 4.78 is 0. The van der Waals surface area contributed by atoms with E-state index >= 15 is 0 Å². The standard InChI is InChI=1S/C22H30N4O/c1-16(2)20-23-17(3)15-19(24-20)25-11-13-26(14-12-25)21(27)22(4,5)18-9-7-6-8-10-18/h6-10,15-16H,11-14H2,1-5H3. The SMILES string of the molecule is Cc1cc(N2CCN(C(=O)C(C)(C)c3ccccc3)CC2)nc(C(C)C)n1. The first-order valence-electron chi connectivity index (χ1n) is 9.74. The summed E-state index contributed by atoms with van der Waals surface area (Å²) in [6.45, 7) is 13.3. The van der Waals surface area contributed by atoms with Crippen LogP contribution in [-0.4, -0.2) is 47.0 Å². The minimum absolute atomic E-state index is 0.190. The van der Waals surface area contributed by atoms with Crippen LogP contribution in [-0.2, 0) is 10.2 Å². The van der Waals surface area contributed by atoms with E-state index in [4.69, 9.17) is 4.98 Å². The zero-order valence-electron chi connectivity index (χ0n) is 17.1. The first-order chi connectivity index (χ1) is 12.8. The molecule has 0 atom stereocenters. The lowest BCUT2D eigenvalue weighted by Crippen LogP contribution is -2.53. The van der Waals surface area contributed by atoms with Gasteiger partial charge in [0.2, 0.25) is 5.91 Å². The third kappa shape index (κ3) is 4.12. The Balaban J connectivity index is 1.69. The fraction of sp³-hybridized carbons (Fsp3) is 0.500. The molecule has 3 rings (SSSR count). The summed E-state index contributed by atoms with van der Waals surface area (Å²) in [5.74, 6) is 2.35. The highest BCUT2D eigenvalue weighted by atomic mass is 16.2. The monoisotopic (exact) mass is 366 g/mol. The number of nitrogens with zero attached hydrogens (tertiary/aromatic N) is 4. The maximum absolute atomic E-state index is 13.1. The molecular formula is C22H30N4O. The third-order valence-electron chi connectivity index (χ3n) is 5.30. The number of carbonyl (C=O) groups is 1. The fourth-order valence-corrected chi connectivity index (χ4v) is 3.51. The van der Waals surface area contributed by atoms with E-state index in [-0.39, 0.29) is 5.91 Å². The lowest BCUT2D eigenvalue weighted by Gasteiger charge is -2.39. The van der Waals surface area contributed by atoms with Crippen molar-refractivity contribution in [1.29, 1.82) is 0 Å². The number of aromatic nitrogens is 2. The highest BCUT2D eigenvalue weighted by Crippen LogP contribution is 2.27. The molecule has 0 bridgehead atoms. The van der Waals surface area contributed by atoms with Gasteiger partial charge in [-0.05, 0) is 26.3 Å². The van der Waals surface area contributed by atoms with E-state index in [0.29, 0.717) is 5.92 Å². The second kappa shape index (κ2) is 7.67. The van der Waals surface area contributed by atoms with E-state index in [1.165, 1.54) is 0 Å². The Bertz CT molecular complexity index is 793. The van der Waals surface area contributed by atoms with Gasteiger partial charge in [0.05, 0.1) is 5.41 Å². The van der Waals surface area contributed by atoms with E-state index < -0.39 is 5.41 Å². The molecule has 1 aromatic carbocycles. The summed E-state index contributed by atoms with van der Waals surface area (Å²) in [5.41, 5.74) is 1.54. The molecule has 0 radical (unpaired) electrons. The van der Waals surface area contributed by atoms with Crippen LogP contribution in [0.15, 0.2) is 36.4 Å². The second-order valence-electron chi connectivity index (χ2n) is 8.15. The normalized spacial score (nSPS) is 15.3. The Morgan fingerprint density at radius 1 is 1.04 bits per heavy atom. The summed E-state index contributed by atoms with van der Waals surface area (Å²) in [6, 6.07) is 12.1. The van der Waals surface area contributed by atoms with Gasteiger partial charge in [0.1, 0.15) is 11.6 Å². The van der Waals surface area contributed by atoms with Crippen LogP contribution in [0, 0.1) is 6.92 Å². The number of hydrogen-bond donors (Lipinski definition) is 0. The minimum Gasteiger partial charge on any atom is -0.353 e. The Hall–Kier alpha value is -2.43. The van der Waals surface area contributed by atoms with E-state index in [1.807, 2.05) is 62.1 Å². The van der Waals surface area contributed by atoms with Gasteiger partial charge in [-0.25, -0.2) is 9.97 Å². The molecule has 1 fully saturated rings. The molecule has 5 heteroatoms. The molecule has 0 saturated carbocycles. The molecule has 1 aliphatic rings. The number of carbonyl (C=O) groups excluding carboxylic acids is 1. The van der Waals surface area contributed by atoms with Crippen LogP contribution < -0.4 is 4.90 Å². The largest absolute Gasteiger partial charge is 0.353 e. The van der Waals surface area contributed by atoms with E-state index in [9.17, 15) is 4.79 Å². The second-order valence-corrected chi connectivity index (χ2v) is 8.15. The zero-order chi connectivity index (χ0) is 19.6. The number of hydrogen-bond acceptors (Lipinski definition) is 4. The summed E-state index contributed by atoms with van der Waals surface area (Å²) in [6.07, 6.45) is 0. The van der Waals surface area contributed by atoms with Gasteiger partial charge in [0.15, 0.2) is 0 Å². The predicted molar refractivity (Wildman–Crippen MR) is 109 cm³/mol. The molecule has 1 saturated heterocycles. The van der Waals surface area contributed by atoms with Crippen molar-refractivity contribution in [3.8, 4) is 0 Å². The van der Waals surface area contributed by atoms with E-state index in [2.05, 4.69) is 23.7 Å². The van der Waals surface area contributed by atoms with Crippen LogP contribution in [0.4, 0.5) is 5.82 Å². The van der Waals surface area contributed by atoms with Crippen LogP contribution in [0.5, 0.6) is 0 Å². The van der Waals surface area contributed by atoms with Crippen molar-refractivity contribution in [2.45, 2.75) is 46.0 Å². The van der Waals surface area contributed by atoms with Gasteiger partial charge in [-0.2, -0.15) is 0 Å². The van der Waals surface area contributed by atoms with Crippen molar-refractivity contribution in [1.82, 2.24) is 14.9 Å². The van der Waals surface area contributed by atoms with Gasteiger partial charge in [-0.15, -0.1) is 0 Å². The van der Waals surface area contributed by atoms with Crippen molar-refractivity contribution in [2.75, 3.05) is 31.1 Å². The maximum atomic E-state index is 13.1. The zero-order valence-corrected chi connectivity index (χ0v) is 17.1. The van der Waals surface area contributed by atoms with Gasteiger partial charge in [0.25, 0.3) is 0 Å². The molecule has 27 heavy (non-hydrogen) atoms. The number of benzene rings is 1. The van der Waals surface area contributed by atoms with Gasteiger partial charge < -0.3 is 9.80 Å². The molecule has 1 amide bonds. The average Bonchev–Trinajstić information content (AvgIpc) is 2.67. The molecule has 144 valence electrons.